The molecule has 1 fully saturated rings. The van der Waals surface area contributed by atoms with Gasteiger partial charge in [-0.2, -0.15) is 9.57 Å². The highest BCUT2D eigenvalue weighted by molar-refractivity contribution is 7.88. The van der Waals surface area contributed by atoms with Crippen molar-refractivity contribution < 1.29 is 8.42 Å². The van der Waals surface area contributed by atoms with Gasteiger partial charge in [-0.15, -0.1) is 0 Å². The van der Waals surface area contributed by atoms with Gasteiger partial charge in [0.2, 0.25) is 10.0 Å². The van der Waals surface area contributed by atoms with Gasteiger partial charge < -0.3 is 0 Å². The highest BCUT2D eigenvalue weighted by atomic mass is 32.2. The topological polar surface area (TPSA) is 76.4 Å². The van der Waals surface area contributed by atoms with E-state index >= 15 is 0 Å². The van der Waals surface area contributed by atoms with Crippen molar-refractivity contribution in [3.63, 3.8) is 0 Å². The molecule has 110 valence electrons. The number of nitrogens with one attached hydrogen (secondary N) is 1. The first-order valence-electron chi connectivity index (χ1n) is 6.64. The van der Waals surface area contributed by atoms with Gasteiger partial charge in [-0.05, 0) is 19.9 Å². The maximum absolute atomic E-state index is 11.4. The van der Waals surface area contributed by atoms with Crippen LogP contribution in [0.2, 0.25) is 0 Å². The van der Waals surface area contributed by atoms with Gasteiger partial charge in [0.05, 0.1) is 12.3 Å². The molecule has 0 amide bonds. The summed E-state index contributed by atoms with van der Waals surface area (Å²) in [6, 6.07) is 2.32. The van der Waals surface area contributed by atoms with Crippen LogP contribution in [0.5, 0.6) is 0 Å². The van der Waals surface area contributed by atoms with Gasteiger partial charge in [0.1, 0.15) is 5.54 Å². The fraction of sp³-hybridized carbons (Fsp3) is 0.917. The molecule has 19 heavy (non-hydrogen) atoms. The molecule has 1 aliphatic rings. The van der Waals surface area contributed by atoms with Crippen LogP contribution < -0.4 is 5.32 Å². The molecule has 0 aromatic carbocycles. The van der Waals surface area contributed by atoms with Crippen LogP contribution in [-0.4, -0.2) is 68.7 Å². The Morgan fingerprint density at radius 2 is 1.89 bits per heavy atom. The Hall–Kier alpha value is -0.680. The summed E-state index contributed by atoms with van der Waals surface area (Å²) in [5, 5.41) is 12.5. The molecule has 7 heteroatoms. The lowest BCUT2D eigenvalue weighted by molar-refractivity contribution is 0.160. The smallest absolute Gasteiger partial charge is 0.211 e. The molecule has 0 bridgehead atoms. The minimum atomic E-state index is -3.09. The lowest BCUT2D eigenvalue weighted by Gasteiger charge is -2.37. The van der Waals surface area contributed by atoms with E-state index in [0.29, 0.717) is 32.7 Å². The second-order valence-electron chi connectivity index (χ2n) is 5.31. The van der Waals surface area contributed by atoms with Crippen LogP contribution in [-0.2, 0) is 10.0 Å². The molecule has 0 aromatic rings. The van der Waals surface area contributed by atoms with Crippen LogP contribution >= 0.6 is 0 Å². The van der Waals surface area contributed by atoms with E-state index < -0.39 is 15.6 Å². The number of nitrogens with zero attached hydrogens (tertiary/aromatic N) is 3. The zero-order valence-electron chi connectivity index (χ0n) is 12.0. The van der Waals surface area contributed by atoms with E-state index in [1.165, 1.54) is 10.6 Å². The summed E-state index contributed by atoms with van der Waals surface area (Å²) in [7, 11) is -3.09. The van der Waals surface area contributed by atoms with Gasteiger partial charge in [-0.1, -0.05) is 6.92 Å². The van der Waals surface area contributed by atoms with Crippen LogP contribution in [0.3, 0.4) is 0 Å². The van der Waals surface area contributed by atoms with Gasteiger partial charge in [0.25, 0.3) is 0 Å². The van der Waals surface area contributed by atoms with Crippen molar-refractivity contribution >= 4 is 10.0 Å². The molecule has 0 aliphatic carbocycles. The number of sulfonamides is 1. The summed E-state index contributed by atoms with van der Waals surface area (Å²) in [5.41, 5.74) is -0.566. The Morgan fingerprint density at radius 3 is 2.32 bits per heavy atom. The maximum Gasteiger partial charge on any atom is 0.211 e. The van der Waals surface area contributed by atoms with Crippen molar-refractivity contribution in [1.29, 1.82) is 5.26 Å². The van der Waals surface area contributed by atoms with Crippen LogP contribution in [0.15, 0.2) is 0 Å². The first-order chi connectivity index (χ1) is 8.80. The first kappa shape index (κ1) is 16.4. The average Bonchev–Trinajstić information content (AvgIpc) is 2.36. The normalized spacial score (nSPS) is 21.8. The molecule has 1 aliphatic heterocycles. The van der Waals surface area contributed by atoms with E-state index in [0.717, 1.165) is 13.0 Å². The summed E-state index contributed by atoms with van der Waals surface area (Å²) in [4.78, 5) is 2.15. The maximum atomic E-state index is 11.4. The van der Waals surface area contributed by atoms with Gasteiger partial charge in [0, 0.05) is 32.7 Å². The highest BCUT2D eigenvalue weighted by Crippen LogP contribution is 2.11. The molecule has 0 radical (unpaired) electrons. The van der Waals surface area contributed by atoms with Gasteiger partial charge in [0.15, 0.2) is 0 Å². The van der Waals surface area contributed by atoms with Gasteiger partial charge >= 0.3 is 0 Å². The molecule has 6 nitrogen and oxygen atoms in total. The monoisotopic (exact) mass is 288 g/mol. The fourth-order valence-corrected chi connectivity index (χ4v) is 3.02. The Labute approximate surface area is 116 Å². The first-order valence-corrected chi connectivity index (χ1v) is 8.49. The number of piperazine rings is 1. The number of hydrogen-bond acceptors (Lipinski definition) is 5. The molecule has 1 saturated heterocycles. The number of nitriles is 1. The Kier molecular flexibility index (Phi) is 5.74. The second-order valence-corrected chi connectivity index (χ2v) is 7.29. The van der Waals surface area contributed by atoms with Crippen LogP contribution in [0, 0.1) is 11.3 Å². The van der Waals surface area contributed by atoms with Crippen LogP contribution in [0.1, 0.15) is 20.3 Å². The third kappa shape index (κ3) is 5.07. The summed E-state index contributed by atoms with van der Waals surface area (Å²) in [6.07, 6.45) is 2.23. The third-order valence-corrected chi connectivity index (χ3v) is 4.66. The van der Waals surface area contributed by atoms with Gasteiger partial charge in [-0.25, -0.2) is 8.42 Å². The Morgan fingerprint density at radius 1 is 1.32 bits per heavy atom. The quantitative estimate of drug-likeness (QED) is 0.735. The summed E-state index contributed by atoms with van der Waals surface area (Å²) >= 11 is 0. The van der Waals surface area contributed by atoms with Crippen molar-refractivity contribution in [1.82, 2.24) is 14.5 Å². The third-order valence-electron chi connectivity index (χ3n) is 3.35. The molecule has 1 heterocycles. The second kappa shape index (κ2) is 6.66. The average molecular weight is 288 g/mol. The van der Waals surface area contributed by atoms with E-state index in [4.69, 9.17) is 0 Å². The lowest BCUT2D eigenvalue weighted by Crippen LogP contribution is -2.56. The predicted molar refractivity (Wildman–Crippen MR) is 75.2 cm³/mol. The molecule has 1 rings (SSSR count). The summed E-state index contributed by atoms with van der Waals surface area (Å²) in [5.74, 6) is 0. The minimum Gasteiger partial charge on any atom is -0.299 e. The van der Waals surface area contributed by atoms with Gasteiger partial charge in [-0.3, -0.25) is 10.2 Å². The Bertz CT molecular complexity index is 424. The lowest BCUT2D eigenvalue weighted by atomic mass is 10.0. The molecule has 0 aromatic heterocycles. The zero-order chi connectivity index (χ0) is 14.5. The molecule has 1 atom stereocenters. The molecule has 0 spiro atoms. The molecule has 1 N–H and O–H groups in total. The van der Waals surface area contributed by atoms with Crippen molar-refractivity contribution in [2.75, 3.05) is 45.5 Å². The SMILES string of the molecule is CCCNC(C)(C#N)CN1CCN(S(C)(=O)=O)CC1. The predicted octanol–water partition coefficient (Wildman–Crippen LogP) is -0.155. The molecular weight excluding hydrogens is 264 g/mol. The largest absolute Gasteiger partial charge is 0.299 e. The van der Waals surface area contributed by atoms with E-state index in [2.05, 4.69) is 23.2 Å². The van der Waals surface area contributed by atoms with Crippen molar-refractivity contribution in [2.24, 2.45) is 0 Å². The number of rotatable bonds is 6. The molecule has 0 saturated carbocycles. The van der Waals surface area contributed by atoms with E-state index in [9.17, 15) is 13.7 Å². The fourth-order valence-electron chi connectivity index (χ4n) is 2.20. The number of hydrogen-bond donors (Lipinski definition) is 1. The van der Waals surface area contributed by atoms with Crippen molar-refractivity contribution in [3.8, 4) is 6.07 Å². The molecule has 1 unspecified atom stereocenters. The van der Waals surface area contributed by atoms with Crippen LogP contribution in [0.4, 0.5) is 0 Å². The van der Waals surface area contributed by atoms with Crippen molar-refractivity contribution in [3.05, 3.63) is 0 Å². The summed E-state index contributed by atoms with van der Waals surface area (Å²) in [6.45, 7) is 7.77. The van der Waals surface area contributed by atoms with Crippen LogP contribution in [0.25, 0.3) is 0 Å². The zero-order valence-corrected chi connectivity index (χ0v) is 12.8. The van der Waals surface area contributed by atoms with Crippen molar-refractivity contribution in [2.45, 2.75) is 25.8 Å². The summed E-state index contributed by atoms with van der Waals surface area (Å²) < 4.78 is 24.3. The van der Waals surface area contributed by atoms with E-state index in [1.54, 1.807) is 0 Å². The highest BCUT2D eigenvalue weighted by Gasteiger charge is 2.30. The minimum absolute atomic E-state index is 0.508. The Balaban J connectivity index is 2.50. The van der Waals surface area contributed by atoms with E-state index in [-0.39, 0.29) is 0 Å². The standard InChI is InChI=1S/C12H24N4O2S/c1-4-5-14-12(2,10-13)11-15-6-8-16(9-7-15)19(3,17)18/h14H,4-9,11H2,1-3H3. The molecular formula is C12H24N4O2S. The van der Waals surface area contributed by atoms with E-state index in [1.807, 2.05) is 6.92 Å².